The Bertz CT molecular complexity index is 1380. The van der Waals surface area contributed by atoms with Crippen LogP contribution in [0.15, 0.2) is 61.1 Å². The molecule has 0 radical (unpaired) electrons. The minimum Gasteiger partial charge on any atom is -0.361 e. The molecule has 3 aromatic heterocycles. The molecular formula is C26H30N6O3SSi. The molecule has 0 bridgehead atoms. The van der Waals surface area contributed by atoms with E-state index in [1.807, 2.05) is 35.0 Å². The Labute approximate surface area is 221 Å². The van der Waals surface area contributed by atoms with Crippen molar-refractivity contribution in [1.29, 1.82) is 0 Å². The van der Waals surface area contributed by atoms with Crippen LogP contribution in [0.2, 0.25) is 25.7 Å². The SMILES string of the molecule is CC(=O)Nc1cc(-c2nc(NC(=O)c3ccccc3)c(-c3nccn3COCC[Si](C)(C)C)s2)ccn1. The van der Waals surface area contributed by atoms with Crippen LogP contribution in [0.3, 0.4) is 0 Å². The fraction of sp³-hybridized carbons (Fsp3) is 0.269. The molecule has 0 aliphatic heterocycles. The number of rotatable bonds is 10. The number of nitrogens with one attached hydrogen (secondary N) is 2. The van der Waals surface area contributed by atoms with Crippen molar-refractivity contribution >= 4 is 42.9 Å². The number of imidazole rings is 1. The van der Waals surface area contributed by atoms with Crippen molar-refractivity contribution in [2.24, 2.45) is 0 Å². The molecule has 0 fully saturated rings. The number of amides is 2. The summed E-state index contributed by atoms with van der Waals surface area (Å²) in [5, 5.41) is 6.30. The van der Waals surface area contributed by atoms with Gasteiger partial charge in [-0.1, -0.05) is 37.8 Å². The second kappa shape index (κ2) is 11.6. The maximum absolute atomic E-state index is 13.0. The molecule has 2 amide bonds. The number of hydrogen-bond acceptors (Lipinski definition) is 7. The van der Waals surface area contributed by atoms with Gasteiger partial charge < -0.3 is 19.9 Å². The fourth-order valence-electron chi connectivity index (χ4n) is 3.43. The quantitative estimate of drug-likeness (QED) is 0.203. The zero-order valence-electron chi connectivity index (χ0n) is 21.3. The molecule has 1 aromatic carbocycles. The number of ether oxygens (including phenoxy) is 1. The molecule has 4 rings (SSSR count). The third kappa shape index (κ3) is 7.19. The average molecular weight is 535 g/mol. The van der Waals surface area contributed by atoms with E-state index in [4.69, 9.17) is 9.72 Å². The first-order chi connectivity index (χ1) is 17.7. The summed E-state index contributed by atoms with van der Waals surface area (Å²) in [5.41, 5.74) is 1.28. The molecule has 0 aliphatic rings. The standard InChI is InChI=1S/C26H30N6O3SSi/c1-18(33)29-21-16-20(10-11-27-21)26-31-23(30-25(34)19-8-6-5-7-9-19)22(36-26)24-28-12-13-32(24)17-35-14-15-37(2,3)4/h5-13,16H,14-15,17H2,1-4H3,(H,30,34)(H,27,29,33). The third-order valence-corrected chi connectivity index (χ3v) is 8.16. The molecule has 0 unspecified atom stereocenters. The van der Waals surface area contributed by atoms with Crippen LogP contribution in [-0.2, 0) is 16.3 Å². The number of aromatic nitrogens is 4. The summed E-state index contributed by atoms with van der Waals surface area (Å²) >= 11 is 1.39. The Morgan fingerprint density at radius 2 is 1.84 bits per heavy atom. The molecule has 11 heteroatoms. The van der Waals surface area contributed by atoms with Crippen molar-refractivity contribution < 1.29 is 14.3 Å². The van der Waals surface area contributed by atoms with Gasteiger partial charge in [-0.2, -0.15) is 0 Å². The minimum absolute atomic E-state index is 0.212. The van der Waals surface area contributed by atoms with Crippen molar-refractivity contribution in [3.63, 3.8) is 0 Å². The van der Waals surface area contributed by atoms with Gasteiger partial charge in [-0.05, 0) is 30.3 Å². The molecule has 2 N–H and O–H groups in total. The Morgan fingerprint density at radius 3 is 2.57 bits per heavy atom. The number of hydrogen-bond donors (Lipinski definition) is 2. The maximum atomic E-state index is 13.0. The minimum atomic E-state index is -1.20. The zero-order chi connectivity index (χ0) is 26.4. The number of thiazole rings is 1. The lowest BCUT2D eigenvalue weighted by atomic mass is 10.2. The zero-order valence-corrected chi connectivity index (χ0v) is 23.1. The lowest BCUT2D eigenvalue weighted by Crippen LogP contribution is -2.22. The molecule has 0 aliphatic carbocycles. The highest BCUT2D eigenvalue weighted by molar-refractivity contribution is 7.19. The number of pyridine rings is 1. The van der Waals surface area contributed by atoms with E-state index in [9.17, 15) is 9.59 Å². The van der Waals surface area contributed by atoms with Crippen molar-refractivity contribution in [3.8, 4) is 21.3 Å². The van der Waals surface area contributed by atoms with Gasteiger partial charge in [-0.25, -0.2) is 15.0 Å². The molecule has 0 saturated carbocycles. The second-order valence-electron chi connectivity index (χ2n) is 9.70. The predicted octanol–water partition coefficient (Wildman–Crippen LogP) is 5.59. The van der Waals surface area contributed by atoms with Crippen LogP contribution in [0.1, 0.15) is 17.3 Å². The highest BCUT2D eigenvalue weighted by Crippen LogP contribution is 2.38. The molecule has 4 aromatic rings. The Balaban J connectivity index is 1.66. The summed E-state index contributed by atoms with van der Waals surface area (Å²) in [4.78, 5) is 38.7. The van der Waals surface area contributed by atoms with Crippen LogP contribution in [-0.4, -0.2) is 46.0 Å². The highest BCUT2D eigenvalue weighted by atomic mass is 32.1. The van der Waals surface area contributed by atoms with Crippen molar-refractivity contribution in [2.75, 3.05) is 17.2 Å². The number of anilines is 2. The van der Waals surface area contributed by atoms with Gasteiger partial charge in [-0.15, -0.1) is 11.3 Å². The van der Waals surface area contributed by atoms with E-state index in [0.717, 1.165) is 11.6 Å². The molecule has 9 nitrogen and oxygen atoms in total. The molecule has 37 heavy (non-hydrogen) atoms. The van der Waals surface area contributed by atoms with Gasteiger partial charge in [0.25, 0.3) is 5.91 Å². The molecule has 0 atom stereocenters. The monoisotopic (exact) mass is 534 g/mol. The largest absolute Gasteiger partial charge is 0.361 e. The summed E-state index contributed by atoms with van der Waals surface area (Å²) in [6.45, 7) is 9.41. The summed E-state index contributed by atoms with van der Waals surface area (Å²) in [6, 6.07) is 13.6. The molecule has 3 heterocycles. The van der Waals surface area contributed by atoms with Gasteiger partial charge in [0, 0.05) is 51.3 Å². The van der Waals surface area contributed by atoms with Gasteiger partial charge in [0.05, 0.1) is 0 Å². The summed E-state index contributed by atoms with van der Waals surface area (Å²) in [5.74, 6) is 1.000. The fourth-order valence-corrected chi connectivity index (χ4v) is 5.21. The molecule has 0 spiro atoms. The van der Waals surface area contributed by atoms with E-state index in [0.29, 0.717) is 46.2 Å². The lowest BCUT2D eigenvalue weighted by Gasteiger charge is -2.16. The van der Waals surface area contributed by atoms with E-state index in [1.165, 1.54) is 18.3 Å². The lowest BCUT2D eigenvalue weighted by molar-refractivity contribution is -0.114. The summed E-state index contributed by atoms with van der Waals surface area (Å²) < 4.78 is 7.87. The first-order valence-corrected chi connectivity index (χ1v) is 16.4. The molecule has 192 valence electrons. The van der Waals surface area contributed by atoms with Crippen LogP contribution >= 0.6 is 11.3 Å². The normalized spacial score (nSPS) is 11.4. The van der Waals surface area contributed by atoms with Gasteiger partial charge in [0.15, 0.2) is 11.6 Å². The Morgan fingerprint density at radius 1 is 1.05 bits per heavy atom. The number of benzene rings is 1. The van der Waals surface area contributed by atoms with Crippen LogP contribution in [0.4, 0.5) is 11.6 Å². The van der Waals surface area contributed by atoms with Crippen LogP contribution in [0.5, 0.6) is 0 Å². The number of carbonyl (C=O) groups is 2. The Hall–Kier alpha value is -3.67. The molecular weight excluding hydrogens is 504 g/mol. The van der Waals surface area contributed by atoms with Crippen LogP contribution in [0, 0.1) is 0 Å². The van der Waals surface area contributed by atoms with Gasteiger partial charge in [0.2, 0.25) is 5.91 Å². The van der Waals surface area contributed by atoms with Crippen LogP contribution < -0.4 is 10.6 Å². The van der Waals surface area contributed by atoms with Gasteiger partial charge in [0.1, 0.15) is 22.4 Å². The van der Waals surface area contributed by atoms with Crippen molar-refractivity contribution in [3.05, 3.63) is 66.6 Å². The van der Waals surface area contributed by atoms with Crippen LogP contribution in [0.25, 0.3) is 21.3 Å². The summed E-state index contributed by atoms with van der Waals surface area (Å²) in [6.07, 6.45) is 5.17. The first kappa shape index (κ1) is 26.4. The van der Waals surface area contributed by atoms with Gasteiger partial charge in [-0.3, -0.25) is 9.59 Å². The maximum Gasteiger partial charge on any atom is 0.256 e. The third-order valence-electron chi connectivity index (χ3n) is 5.35. The smallest absolute Gasteiger partial charge is 0.256 e. The number of nitrogens with zero attached hydrogens (tertiary/aromatic N) is 4. The van der Waals surface area contributed by atoms with E-state index < -0.39 is 8.07 Å². The average Bonchev–Trinajstić information content (AvgIpc) is 3.48. The predicted molar refractivity (Wildman–Crippen MR) is 149 cm³/mol. The van der Waals surface area contributed by atoms with Gasteiger partial charge >= 0.3 is 0 Å². The first-order valence-electron chi connectivity index (χ1n) is 11.9. The topological polar surface area (TPSA) is 111 Å². The Kier molecular flexibility index (Phi) is 8.26. The van der Waals surface area contributed by atoms with Crippen molar-refractivity contribution in [2.45, 2.75) is 39.3 Å². The van der Waals surface area contributed by atoms with E-state index in [-0.39, 0.29) is 11.8 Å². The van der Waals surface area contributed by atoms with E-state index in [1.54, 1.807) is 30.6 Å². The van der Waals surface area contributed by atoms with E-state index >= 15 is 0 Å². The highest BCUT2D eigenvalue weighted by Gasteiger charge is 2.21. The van der Waals surface area contributed by atoms with Crippen molar-refractivity contribution in [1.82, 2.24) is 19.5 Å². The second-order valence-corrected chi connectivity index (χ2v) is 16.3. The number of carbonyl (C=O) groups excluding carboxylic acids is 2. The van der Waals surface area contributed by atoms with E-state index in [2.05, 4.69) is 40.2 Å². The summed E-state index contributed by atoms with van der Waals surface area (Å²) in [7, 11) is -1.20. The molecule has 0 saturated heterocycles.